The first-order valence-corrected chi connectivity index (χ1v) is 3.06. The average Bonchev–Trinajstić information content (AvgIpc) is 1.88. The topological polar surface area (TPSA) is 71.8 Å². The van der Waals surface area contributed by atoms with Crippen molar-refractivity contribution in [2.45, 2.75) is 6.42 Å². The van der Waals surface area contributed by atoms with E-state index in [-0.39, 0.29) is 18.0 Å². The lowest BCUT2D eigenvalue weighted by Crippen LogP contribution is -2.10. The van der Waals surface area contributed by atoms with Gasteiger partial charge in [0.05, 0.1) is 6.33 Å². The minimum absolute atomic E-state index is 0. The van der Waals surface area contributed by atoms with E-state index in [4.69, 9.17) is 5.73 Å². The Labute approximate surface area is 70.3 Å². The van der Waals surface area contributed by atoms with Crippen molar-refractivity contribution in [3.63, 3.8) is 0 Å². The average molecular weight is 176 g/mol. The molecule has 0 bridgehead atoms. The molecule has 0 spiro atoms. The molecule has 0 aromatic carbocycles. The third kappa shape index (κ3) is 3.15. The maximum atomic E-state index is 10.6. The van der Waals surface area contributed by atoms with Gasteiger partial charge < -0.3 is 10.7 Å². The van der Waals surface area contributed by atoms with E-state index in [1.165, 1.54) is 12.4 Å². The van der Waals surface area contributed by atoms with Crippen LogP contribution in [0.15, 0.2) is 17.2 Å². The van der Waals surface area contributed by atoms with Crippen molar-refractivity contribution in [2.24, 2.45) is 5.73 Å². The van der Waals surface area contributed by atoms with Gasteiger partial charge in [-0.3, -0.25) is 4.79 Å². The molecule has 0 saturated heterocycles. The second-order valence-corrected chi connectivity index (χ2v) is 1.94. The molecule has 62 valence electrons. The molecule has 3 N–H and O–H groups in total. The Morgan fingerprint density at radius 3 is 2.91 bits per heavy atom. The van der Waals surface area contributed by atoms with Crippen molar-refractivity contribution in [3.8, 4) is 0 Å². The van der Waals surface area contributed by atoms with E-state index in [2.05, 4.69) is 9.97 Å². The third-order valence-electron chi connectivity index (χ3n) is 1.14. The van der Waals surface area contributed by atoms with Crippen LogP contribution in [0.5, 0.6) is 0 Å². The summed E-state index contributed by atoms with van der Waals surface area (Å²) in [7, 11) is 0. The number of aromatic nitrogens is 2. The lowest BCUT2D eigenvalue weighted by molar-refractivity contribution is 0.901. The van der Waals surface area contributed by atoms with Gasteiger partial charge in [0.25, 0.3) is 5.56 Å². The van der Waals surface area contributed by atoms with Crippen molar-refractivity contribution < 1.29 is 0 Å². The van der Waals surface area contributed by atoms with Gasteiger partial charge in [-0.05, 0) is 6.54 Å². The highest BCUT2D eigenvalue weighted by Gasteiger charge is 1.90. The van der Waals surface area contributed by atoms with Crippen LogP contribution in [0.4, 0.5) is 0 Å². The maximum absolute atomic E-state index is 10.6. The van der Waals surface area contributed by atoms with E-state index in [1.54, 1.807) is 0 Å². The SMILES string of the molecule is Cl.NCCc1cc(=O)[nH]cn1. The summed E-state index contributed by atoms with van der Waals surface area (Å²) in [5.41, 5.74) is 5.87. The molecule has 0 atom stereocenters. The molecule has 0 fully saturated rings. The largest absolute Gasteiger partial charge is 0.330 e. The normalized spacial score (nSPS) is 8.82. The number of rotatable bonds is 2. The number of aromatic amines is 1. The van der Waals surface area contributed by atoms with Gasteiger partial charge in [-0.15, -0.1) is 12.4 Å². The Balaban J connectivity index is 0.000001000. The van der Waals surface area contributed by atoms with Crippen LogP contribution < -0.4 is 11.3 Å². The first kappa shape index (κ1) is 10.1. The van der Waals surface area contributed by atoms with Crippen molar-refractivity contribution in [1.29, 1.82) is 0 Å². The molecule has 0 amide bonds. The van der Waals surface area contributed by atoms with E-state index in [0.717, 1.165) is 5.69 Å². The summed E-state index contributed by atoms with van der Waals surface area (Å²) in [5, 5.41) is 0. The number of halogens is 1. The summed E-state index contributed by atoms with van der Waals surface area (Å²) in [6, 6.07) is 1.45. The first-order chi connectivity index (χ1) is 4.83. The summed E-state index contributed by atoms with van der Waals surface area (Å²) < 4.78 is 0. The summed E-state index contributed by atoms with van der Waals surface area (Å²) >= 11 is 0. The van der Waals surface area contributed by atoms with E-state index in [0.29, 0.717) is 13.0 Å². The van der Waals surface area contributed by atoms with Crippen LogP contribution in [0.3, 0.4) is 0 Å². The minimum Gasteiger partial charge on any atom is -0.330 e. The second kappa shape index (κ2) is 4.87. The van der Waals surface area contributed by atoms with Gasteiger partial charge in [0, 0.05) is 18.2 Å². The van der Waals surface area contributed by atoms with Crippen LogP contribution in [0.2, 0.25) is 0 Å². The summed E-state index contributed by atoms with van der Waals surface area (Å²) in [6.45, 7) is 0.524. The molecular weight excluding hydrogens is 166 g/mol. The molecule has 0 aliphatic carbocycles. The molecule has 1 aromatic rings. The molecule has 1 aromatic heterocycles. The monoisotopic (exact) mass is 175 g/mol. The smallest absolute Gasteiger partial charge is 0.250 e. The predicted octanol–water partition coefficient (Wildman–Crippen LogP) is -0.307. The van der Waals surface area contributed by atoms with Gasteiger partial charge in [-0.2, -0.15) is 0 Å². The molecule has 4 nitrogen and oxygen atoms in total. The maximum Gasteiger partial charge on any atom is 0.250 e. The quantitative estimate of drug-likeness (QED) is 0.648. The number of hydrogen-bond acceptors (Lipinski definition) is 3. The number of H-pyrrole nitrogens is 1. The summed E-state index contributed by atoms with van der Waals surface area (Å²) in [6.07, 6.45) is 2.04. The summed E-state index contributed by atoms with van der Waals surface area (Å²) in [4.78, 5) is 16.9. The Morgan fingerprint density at radius 1 is 1.64 bits per heavy atom. The van der Waals surface area contributed by atoms with Crippen LogP contribution in [-0.2, 0) is 6.42 Å². The Hall–Kier alpha value is -0.870. The van der Waals surface area contributed by atoms with Gasteiger partial charge in [-0.1, -0.05) is 0 Å². The van der Waals surface area contributed by atoms with E-state index >= 15 is 0 Å². The highest BCUT2D eigenvalue weighted by molar-refractivity contribution is 5.85. The number of nitrogens with one attached hydrogen (secondary N) is 1. The van der Waals surface area contributed by atoms with Crippen molar-refractivity contribution in [1.82, 2.24) is 9.97 Å². The fourth-order valence-corrected chi connectivity index (χ4v) is 0.694. The van der Waals surface area contributed by atoms with Crippen molar-refractivity contribution >= 4 is 12.4 Å². The molecule has 5 heteroatoms. The van der Waals surface area contributed by atoms with Crippen LogP contribution in [-0.4, -0.2) is 16.5 Å². The molecular formula is C6H10ClN3O. The molecule has 1 rings (SSSR count). The number of hydrogen-bond donors (Lipinski definition) is 2. The molecule has 0 aliphatic heterocycles. The predicted molar refractivity (Wildman–Crippen MR) is 44.9 cm³/mol. The van der Waals surface area contributed by atoms with Gasteiger partial charge in [0.2, 0.25) is 0 Å². The van der Waals surface area contributed by atoms with Crippen molar-refractivity contribution in [2.75, 3.05) is 6.54 Å². The van der Waals surface area contributed by atoms with Gasteiger partial charge in [0.1, 0.15) is 0 Å². The molecule has 0 radical (unpaired) electrons. The van der Waals surface area contributed by atoms with Crippen LogP contribution in [0.1, 0.15) is 5.69 Å². The lowest BCUT2D eigenvalue weighted by atomic mass is 10.3. The molecule has 1 heterocycles. The van der Waals surface area contributed by atoms with Gasteiger partial charge >= 0.3 is 0 Å². The minimum atomic E-state index is -0.126. The zero-order chi connectivity index (χ0) is 7.40. The van der Waals surface area contributed by atoms with Crippen LogP contribution in [0.25, 0.3) is 0 Å². The Bertz CT molecular complexity index is 260. The molecule has 0 aliphatic rings. The van der Waals surface area contributed by atoms with E-state index in [9.17, 15) is 4.79 Å². The number of nitrogens with two attached hydrogens (primary N) is 1. The summed E-state index contributed by atoms with van der Waals surface area (Å²) in [5.74, 6) is 0. The van der Waals surface area contributed by atoms with E-state index in [1.807, 2.05) is 0 Å². The molecule has 0 saturated carbocycles. The zero-order valence-corrected chi connectivity index (χ0v) is 6.73. The highest BCUT2D eigenvalue weighted by atomic mass is 35.5. The Kier molecular flexibility index (Phi) is 4.49. The van der Waals surface area contributed by atoms with Gasteiger partial charge in [0.15, 0.2) is 0 Å². The first-order valence-electron chi connectivity index (χ1n) is 3.06. The second-order valence-electron chi connectivity index (χ2n) is 1.94. The van der Waals surface area contributed by atoms with Gasteiger partial charge in [-0.25, -0.2) is 4.98 Å². The fraction of sp³-hybridized carbons (Fsp3) is 0.333. The van der Waals surface area contributed by atoms with Crippen molar-refractivity contribution in [3.05, 3.63) is 28.4 Å². The fourth-order valence-electron chi connectivity index (χ4n) is 0.694. The Morgan fingerprint density at radius 2 is 2.36 bits per heavy atom. The lowest BCUT2D eigenvalue weighted by Gasteiger charge is -1.92. The number of nitrogens with zero attached hydrogens (tertiary/aromatic N) is 1. The standard InChI is InChI=1S/C6H9N3O.ClH/c7-2-1-5-3-6(10)9-4-8-5;/h3-4H,1-2,7H2,(H,8,9,10);1H. The van der Waals surface area contributed by atoms with Crippen LogP contribution >= 0.6 is 12.4 Å². The third-order valence-corrected chi connectivity index (χ3v) is 1.14. The zero-order valence-electron chi connectivity index (χ0n) is 5.91. The van der Waals surface area contributed by atoms with Crippen LogP contribution in [0, 0.1) is 0 Å². The molecule has 11 heavy (non-hydrogen) atoms. The highest BCUT2D eigenvalue weighted by Crippen LogP contribution is 1.85. The molecule has 0 unspecified atom stereocenters. The van der Waals surface area contributed by atoms with E-state index < -0.39 is 0 Å².